The molecule has 1 aromatic rings. The van der Waals surface area contributed by atoms with Crippen molar-refractivity contribution >= 4 is 44.9 Å². The van der Waals surface area contributed by atoms with Crippen molar-refractivity contribution in [3.63, 3.8) is 0 Å². The topological polar surface area (TPSA) is 55.4 Å². The van der Waals surface area contributed by atoms with E-state index in [0.717, 1.165) is 12.8 Å². The standard InChI is InChI=1S/C20H29BrClNO3/c1-3-4-5-6-7-8-9-10-13-26-18-12-11-16(22)14-17(18)23-20(25)19(21)15(2)24/h11-12,14,19H,3-10,13H2,1-2H3,(H,23,25). The molecule has 0 fully saturated rings. The number of rotatable bonds is 13. The largest absolute Gasteiger partial charge is 0.491 e. The third-order valence-corrected chi connectivity index (χ3v) is 5.34. The number of ketones is 1. The molecule has 1 rings (SSSR count). The van der Waals surface area contributed by atoms with E-state index >= 15 is 0 Å². The minimum atomic E-state index is -0.887. The van der Waals surface area contributed by atoms with Crippen LogP contribution in [0.4, 0.5) is 5.69 Å². The van der Waals surface area contributed by atoms with Crippen LogP contribution in [0.25, 0.3) is 0 Å². The summed E-state index contributed by atoms with van der Waals surface area (Å²) in [5.74, 6) is -0.128. The highest BCUT2D eigenvalue weighted by Gasteiger charge is 2.21. The molecule has 1 N–H and O–H groups in total. The zero-order chi connectivity index (χ0) is 19.4. The molecule has 0 saturated heterocycles. The number of hydrogen-bond acceptors (Lipinski definition) is 3. The van der Waals surface area contributed by atoms with E-state index in [-0.39, 0.29) is 5.78 Å². The maximum absolute atomic E-state index is 12.1. The van der Waals surface area contributed by atoms with Crippen LogP contribution >= 0.6 is 27.5 Å². The molecule has 0 aliphatic heterocycles. The summed E-state index contributed by atoms with van der Waals surface area (Å²) in [6.45, 7) is 4.17. The number of Topliss-reactive ketones (excluding diaryl/α,β-unsaturated/α-hetero) is 1. The fourth-order valence-electron chi connectivity index (χ4n) is 2.52. The van der Waals surface area contributed by atoms with Gasteiger partial charge in [-0.15, -0.1) is 0 Å². The Bertz CT molecular complexity index is 580. The molecule has 0 radical (unpaired) electrons. The maximum Gasteiger partial charge on any atom is 0.245 e. The van der Waals surface area contributed by atoms with Crippen molar-refractivity contribution in [3.05, 3.63) is 23.2 Å². The van der Waals surface area contributed by atoms with Crippen LogP contribution in [0, 0.1) is 0 Å². The van der Waals surface area contributed by atoms with Crippen LogP contribution in [0.15, 0.2) is 18.2 Å². The van der Waals surface area contributed by atoms with Gasteiger partial charge in [0.25, 0.3) is 0 Å². The second-order valence-electron chi connectivity index (χ2n) is 6.43. The van der Waals surface area contributed by atoms with Gasteiger partial charge in [0.15, 0.2) is 10.6 Å². The minimum absolute atomic E-state index is 0.258. The first kappa shape index (κ1) is 23.0. The molecule has 6 heteroatoms. The second-order valence-corrected chi connectivity index (χ2v) is 7.78. The number of benzene rings is 1. The normalized spacial score (nSPS) is 11.8. The van der Waals surface area contributed by atoms with E-state index in [1.54, 1.807) is 18.2 Å². The zero-order valence-corrected chi connectivity index (χ0v) is 18.0. The smallest absolute Gasteiger partial charge is 0.245 e. The Morgan fingerprint density at radius 3 is 2.35 bits per heavy atom. The zero-order valence-electron chi connectivity index (χ0n) is 15.7. The van der Waals surface area contributed by atoms with Gasteiger partial charge >= 0.3 is 0 Å². The first-order chi connectivity index (χ1) is 12.5. The molecule has 0 aromatic heterocycles. The highest BCUT2D eigenvalue weighted by molar-refractivity contribution is 9.10. The first-order valence-corrected chi connectivity index (χ1v) is 10.6. The molecule has 0 aliphatic rings. The van der Waals surface area contributed by atoms with Crippen LogP contribution in [-0.4, -0.2) is 23.1 Å². The van der Waals surface area contributed by atoms with Crippen LogP contribution < -0.4 is 10.1 Å². The molecule has 146 valence electrons. The number of carbonyl (C=O) groups excluding carboxylic acids is 2. The van der Waals surface area contributed by atoms with Crippen molar-refractivity contribution in [1.29, 1.82) is 0 Å². The summed E-state index contributed by atoms with van der Waals surface area (Å²) < 4.78 is 5.80. The third kappa shape index (κ3) is 9.04. The van der Waals surface area contributed by atoms with Crippen LogP contribution in [-0.2, 0) is 9.59 Å². The van der Waals surface area contributed by atoms with Gasteiger partial charge < -0.3 is 10.1 Å². The van der Waals surface area contributed by atoms with Crippen molar-refractivity contribution in [2.24, 2.45) is 0 Å². The first-order valence-electron chi connectivity index (χ1n) is 9.33. The van der Waals surface area contributed by atoms with E-state index in [1.165, 1.54) is 45.4 Å². The number of carbonyl (C=O) groups is 2. The average molecular weight is 447 g/mol. The highest BCUT2D eigenvalue weighted by Crippen LogP contribution is 2.29. The van der Waals surface area contributed by atoms with Crippen LogP contribution in [0.1, 0.15) is 65.2 Å². The van der Waals surface area contributed by atoms with Crippen molar-refractivity contribution in [3.8, 4) is 5.75 Å². The van der Waals surface area contributed by atoms with Gasteiger partial charge in [-0.1, -0.05) is 79.4 Å². The van der Waals surface area contributed by atoms with E-state index in [9.17, 15) is 9.59 Å². The Morgan fingerprint density at radius 1 is 1.12 bits per heavy atom. The van der Waals surface area contributed by atoms with Gasteiger partial charge in [-0.2, -0.15) is 0 Å². The SMILES string of the molecule is CCCCCCCCCCOc1ccc(Cl)cc1NC(=O)C(Br)C(C)=O. The summed E-state index contributed by atoms with van der Waals surface area (Å²) in [4.78, 5) is 22.5. The van der Waals surface area contributed by atoms with Gasteiger partial charge in [-0.25, -0.2) is 0 Å². The Hall–Kier alpha value is -1.07. The average Bonchev–Trinajstić information content (AvgIpc) is 2.61. The molecule has 1 atom stereocenters. The van der Waals surface area contributed by atoms with Crippen LogP contribution in [0.2, 0.25) is 5.02 Å². The van der Waals surface area contributed by atoms with Gasteiger partial charge in [0.05, 0.1) is 12.3 Å². The number of anilines is 1. The van der Waals surface area contributed by atoms with Gasteiger partial charge in [-0.05, 0) is 31.5 Å². The van der Waals surface area contributed by atoms with Gasteiger partial charge in [-0.3, -0.25) is 9.59 Å². The van der Waals surface area contributed by atoms with Gasteiger partial charge in [0.2, 0.25) is 5.91 Å². The Kier molecular flexibility index (Phi) is 11.6. The maximum atomic E-state index is 12.1. The number of hydrogen-bond donors (Lipinski definition) is 1. The molecule has 0 bridgehead atoms. The molecular formula is C20H29BrClNO3. The van der Waals surface area contributed by atoms with E-state index in [4.69, 9.17) is 16.3 Å². The highest BCUT2D eigenvalue weighted by atomic mass is 79.9. The summed E-state index contributed by atoms with van der Waals surface area (Å²) in [5.41, 5.74) is 0.479. The quantitative estimate of drug-likeness (QED) is 0.224. The predicted molar refractivity (Wildman–Crippen MR) is 112 cm³/mol. The fourth-order valence-corrected chi connectivity index (χ4v) is 2.81. The summed E-state index contributed by atoms with van der Waals surface area (Å²) in [7, 11) is 0. The lowest BCUT2D eigenvalue weighted by molar-refractivity contribution is -0.123. The van der Waals surface area contributed by atoms with Crippen molar-refractivity contribution in [2.75, 3.05) is 11.9 Å². The lowest BCUT2D eigenvalue weighted by atomic mass is 10.1. The molecule has 0 spiro atoms. The minimum Gasteiger partial charge on any atom is -0.491 e. The van der Waals surface area contributed by atoms with E-state index < -0.39 is 10.7 Å². The predicted octanol–water partition coefficient (Wildman–Crippen LogP) is 6.15. The summed E-state index contributed by atoms with van der Waals surface area (Å²) in [6.07, 6.45) is 9.85. The van der Waals surface area contributed by atoms with Crippen LogP contribution in [0.5, 0.6) is 5.75 Å². The number of nitrogens with one attached hydrogen (secondary N) is 1. The number of alkyl halides is 1. The molecule has 1 unspecified atom stereocenters. The summed E-state index contributed by atoms with van der Waals surface area (Å²) >= 11 is 9.09. The molecule has 1 aromatic carbocycles. The summed E-state index contributed by atoms with van der Waals surface area (Å²) in [6, 6.07) is 5.08. The monoisotopic (exact) mass is 445 g/mol. The number of halogens is 2. The Balaban J connectivity index is 2.42. The lowest BCUT2D eigenvalue weighted by Crippen LogP contribution is -2.28. The molecular weight excluding hydrogens is 418 g/mol. The number of unbranched alkanes of at least 4 members (excludes halogenated alkanes) is 7. The molecule has 0 aliphatic carbocycles. The molecule has 4 nitrogen and oxygen atoms in total. The Labute approximate surface area is 170 Å². The van der Waals surface area contributed by atoms with E-state index in [2.05, 4.69) is 28.2 Å². The fraction of sp³-hybridized carbons (Fsp3) is 0.600. The van der Waals surface area contributed by atoms with Crippen LogP contribution in [0.3, 0.4) is 0 Å². The van der Waals surface area contributed by atoms with Crippen molar-refractivity contribution in [2.45, 2.75) is 70.0 Å². The Morgan fingerprint density at radius 2 is 1.73 bits per heavy atom. The lowest BCUT2D eigenvalue weighted by Gasteiger charge is -2.14. The third-order valence-electron chi connectivity index (χ3n) is 4.04. The molecule has 1 amide bonds. The van der Waals surface area contributed by atoms with Crippen molar-refractivity contribution in [1.82, 2.24) is 0 Å². The van der Waals surface area contributed by atoms with Gasteiger partial charge in [0.1, 0.15) is 5.75 Å². The van der Waals surface area contributed by atoms with E-state index in [1.807, 2.05) is 0 Å². The molecule has 0 heterocycles. The second kappa shape index (κ2) is 13.2. The molecule has 26 heavy (non-hydrogen) atoms. The molecule has 0 saturated carbocycles. The summed E-state index contributed by atoms with van der Waals surface area (Å²) in [5, 5.41) is 3.19. The van der Waals surface area contributed by atoms with Crippen molar-refractivity contribution < 1.29 is 14.3 Å². The number of amides is 1. The van der Waals surface area contributed by atoms with Gasteiger partial charge in [0, 0.05) is 5.02 Å². The van der Waals surface area contributed by atoms with E-state index in [0.29, 0.717) is 23.1 Å². The number of ether oxygens (including phenoxy) is 1.